The number of rotatable bonds is 18. The van der Waals surface area contributed by atoms with E-state index >= 15 is 0 Å². The smallest absolute Gasteiger partial charge is 0.255 e. The lowest BCUT2D eigenvalue weighted by molar-refractivity contribution is -0.137. The van der Waals surface area contributed by atoms with Crippen LogP contribution in [-0.4, -0.2) is 96.1 Å². The number of fused-ring (bicyclic) bond motifs is 1. The summed E-state index contributed by atoms with van der Waals surface area (Å²) >= 11 is 6.33. The number of imide groups is 1. The molecule has 10 nitrogen and oxygen atoms in total. The molecule has 0 bridgehead atoms. The number of halogens is 1. The van der Waals surface area contributed by atoms with Crippen LogP contribution < -0.4 is 15.4 Å². The third kappa shape index (κ3) is 10.6. The second-order valence-corrected chi connectivity index (χ2v) is 15.8. The van der Waals surface area contributed by atoms with Gasteiger partial charge < -0.3 is 19.9 Å². The summed E-state index contributed by atoms with van der Waals surface area (Å²) in [6.45, 7) is 5.65. The normalized spacial score (nSPS) is 17.4. The van der Waals surface area contributed by atoms with Crippen molar-refractivity contribution in [1.29, 1.82) is 0 Å². The Hall–Kier alpha value is -5.45. The highest BCUT2D eigenvalue weighted by atomic mass is 35.5. The van der Waals surface area contributed by atoms with Crippen LogP contribution >= 0.6 is 11.6 Å². The highest BCUT2D eigenvalue weighted by Gasteiger charge is 2.39. The number of allylic oxidation sites excluding steroid dienone is 1. The number of benzene rings is 4. The van der Waals surface area contributed by atoms with E-state index in [-0.39, 0.29) is 24.1 Å². The molecule has 3 aliphatic heterocycles. The molecular formula is C48H54ClN5O5. The number of hydrogen-bond acceptors (Lipinski definition) is 7. The van der Waals surface area contributed by atoms with E-state index < -0.39 is 11.9 Å². The van der Waals surface area contributed by atoms with E-state index in [0.29, 0.717) is 37.4 Å². The topological polar surface area (TPSA) is 111 Å². The molecule has 59 heavy (non-hydrogen) atoms. The molecule has 3 aliphatic rings. The number of piperazine rings is 1. The van der Waals surface area contributed by atoms with Crippen molar-refractivity contribution >= 4 is 52.1 Å². The first-order chi connectivity index (χ1) is 28.9. The Morgan fingerprint density at radius 3 is 2.17 bits per heavy atom. The lowest BCUT2D eigenvalue weighted by Crippen LogP contribution is -2.52. The Bertz CT molecular complexity index is 2100. The second-order valence-electron chi connectivity index (χ2n) is 15.4. The van der Waals surface area contributed by atoms with Crippen LogP contribution in [0.5, 0.6) is 5.75 Å². The highest BCUT2D eigenvalue weighted by Crippen LogP contribution is 2.36. The van der Waals surface area contributed by atoms with Gasteiger partial charge in [-0.3, -0.25) is 29.4 Å². The third-order valence-corrected chi connectivity index (χ3v) is 11.8. The van der Waals surface area contributed by atoms with Gasteiger partial charge in [0.05, 0.1) is 0 Å². The van der Waals surface area contributed by atoms with Gasteiger partial charge in [0, 0.05) is 81.3 Å². The number of nitrogens with zero attached hydrogens (tertiary/aromatic N) is 3. The molecule has 11 heteroatoms. The zero-order valence-electron chi connectivity index (χ0n) is 33.7. The fraction of sp³-hybridized carbons (Fsp3) is 0.375. The monoisotopic (exact) mass is 815 g/mol. The van der Waals surface area contributed by atoms with E-state index in [1.807, 2.05) is 41.3 Å². The molecule has 0 saturated carbocycles. The van der Waals surface area contributed by atoms with E-state index in [2.05, 4.69) is 76.2 Å². The SMILES string of the molecule is O=C1CCC(N2Cc3c(NCCCCCCC(=O)N4CCN(CCOc5ccc(C(=C(CCCl)c6ccccc6)c6ccccc6)cc5)CC4)cccc3C2=O)C(=O)N1. The zero-order valence-corrected chi connectivity index (χ0v) is 34.4. The zero-order chi connectivity index (χ0) is 41.0. The molecule has 7 rings (SSSR count). The molecule has 0 radical (unpaired) electrons. The summed E-state index contributed by atoms with van der Waals surface area (Å²) in [4.78, 5) is 56.1. The molecule has 0 spiro atoms. The molecule has 0 aromatic heterocycles. The average molecular weight is 816 g/mol. The summed E-state index contributed by atoms with van der Waals surface area (Å²) in [5.41, 5.74) is 8.26. The third-order valence-electron chi connectivity index (χ3n) is 11.6. The van der Waals surface area contributed by atoms with Crippen LogP contribution in [0.1, 0.15) is 84.0 Å². The molecule has 2 fully saturated rings. The van der Waals surface area contributed by atoms with Crippen molar-refractivity contribution in [1.82, 2.24) is 20.0 Å². The van der Waals surface area contributed by atoms with Crippen LogP contribution in [0.4, 0.5) is 5.69 Å². The quantitative estimate of drug-likeness (QED) is 0.0460. The molecule has 1 atom stereocenters. The number of ether oxygens (including phenoxy) is 1. The average Bonchev–Trinajstić information content (AvgIpc) is 3.60. The first-order valence-corrected chi connectivity index (χ1v) is 21.6. The predicted molar refractivity (Wildman–Crippen MR) is 233 cm³/mol. The van der Waals surface area contributed by atoms with Gasteiger partial charge in [-0.2, -0.15) is 0 Å². The van der Waals surface area contributed by atoms with Crippen LogP contribution in [-0.2, 0) is 20.9 Å². The number of carbonyl (C=O) groups is 4. The minimum atomic E-state index is -0.623. The summed E-state index contributed by atoms with van der Waals surface area (Å²) in [5, 5.41) is 5.84. The van der Waals surface area contributed by atoms with Gasteiger partial charge in [0.1, 0.15) is 18.4 Å². The molecule has 0 aliphatic carbocycles. The minimum absolute atomic E-state index is 0.167. The lowest BCUT2D eigenvalue weighted by atomic mass is 9.88. The maximum atomic E-state index is 13.1. The van der Waals surface area contributed by atoms with Crippen molar-refractivity contribution in [3.63, 3.8) is 0 Å². The summed E-state index contributed by atoms with van der Waals surface area (Å²) in [6, 6.07) is 34.3. The molecule has 4 amide bonds. The highest BCUT2D eigenvalue weighted by molar-refractivity contribution is 6.18. The minimum Gasteiger partial charge on any atom is -0.492 e. The number of carbonyl (C=O) groups excluding carboxylic acids is 4. The number of hydrogen-bond donors (Lipinski definition) is 2. The van der Waals surface area contributed by atoms with Crippen LogP contribution in [0.3, 0.4) is 0 Å². The Labute approximate surface area is 352 Å². The Morgan fingerprint density at radius 2 is 1.46 bits per heavy atom. The molecule has 2 N–H and O–H groups in total. The van der Waals surface area contributed by atoms with Gasteiger partial charge in [0.2, 0.25) is 17.7 Å². The lowest BCUT2D eigenvalue weighted by Gasteiger charge is -2.34. The Kier molecular flexibility index (Phi) is 14.5. The van der Waals surface area contributed by atoms with Crippen molar-refractivity contribution < 1.29 is 23.9 Å². The van der Waals surface area contributed by atoms with Crippen molar-refractivity contribution in [2.24, 2.45) is 0 Å². The number of amides is 4. The Balaban J connectivity index is 0.791. The summed E-state index contributed by atoms with van der Waals surface area (Å²) in [7, 11) is 0. The molecule has 3 heterocycles. The van der Waals surface area contributed by atoms with Crippen LogP contribution in [0.15, 0.2) is 103 Å². The predicted octanol–water partition coefficient (Wildman–Crippen LogP) is 7.62. The maximum Gasteiger partial charge on any atom is 0.255 e. The molecule has 2 saturated heterocycles. The maximum absolute atomic E-state index is 13.1. The van der Waals surface area contributed by atoms with Crippen molar-refractivity contribution in [3.05, 3.63) is 131 Å². The Morgan fingerprint density at radius 1 is 0.763 bits per heavy atom. The standard InChI is InChI=1S/C48H54ClN5O5/c49-26-25-39(35-12-5-3-6-13-35)46(36-14-7-4-8-15-36)37-19-21-38(22-20-37)59-33-32-52-28-30-53(31-29-52)45(56)18-9-1-2-10-27-50-42-17-11-16-40-41(42)34-54(48(40)58)43-23-24-44(55)51-47(43)57/h3-8,11-17,19-22,43,50H,1-2,9-10,18,23-34H2,(H,51,55,57). The fourth-order valence-corrected chi connectivity index (χ4v) is 8.57. The second kappa shape index (κ2) is 20.5. The van der Waals surface area contributed by atoms with E-state index in [9.17, 15) is 19.2 Å². The van der Waals surface area contributed by atoms with Gasteiger partial charge in [-0.05, 0) is 77.8 Å². The first-order valence-electron chi connectivity index (χ1n) is 21.0. The van der Waals surface area contributed by atoms with Crippen molar-refractivity contribution in [3.8, 4) is 5.75 Å². The molecular weight excluding hydrogens is 762 g/mol. The number of anilines is 1. The first kappa shape index (κ1) is 41.7. The van der Waals surface area contributed by atoms with Gasteiger partial charge in [-0.25, -0.2) is 0 Å². The van der Waals surface area contributed by atoms with Gasteiger partial charge in [-0.15, -0.1) is 11.6 Å². The van der Waals surface area contributed by atoms with Gasteiger partial charge in [0.25, 0.3) is 5.91 Å². The van der Waals surface area contributed by atoms with Crippen molar-refractivity contribution in [2.75, 3.05) is 57.1 Å². The van der Waals surface area contributed by atoms with E-state index in [1.54, 1.807) is 11.0 Å². The number of piperidine rings is 1. The van der Waals surface area contributed by atoms with Gasteiger partial charge in [-0.1, -0.05) is 91.7 Å². The molecule has 4 aromatic carbocycles. The molecule has 4 aromatic rings. The summed E-state index contributed by atoms with van der Waals surface area (Å²) in [6.07, 6.45) is 5.70. The summed E-state index contributed by atoms with van der Waals surface area (Å²) < 4.78 is 6.19. The van der Waals surface area contributed by atoms with Crippen molar-refractivity contribution in [2.45, 2.75) is 64.0 Å². The van der Waals surface area contributed by atoms with E-state index in [4.69, 9.17) is 16.3 Å². The molecule has 308 valence electrons. The van der Waals surface area contributed by atoms with Crippen LogP contribution in [0, 0.1) is 0 Å². The fourth-order valence-electron chi connectivity index (χ4n) is 8.39. The largest absolute Gasteiger partial charge is 0.492 e. The van der Waals surface area contributed by atoms with Gasteiger partial charge >= 0.3 is 0 Å². The van der Waals surface area contributed by atoms with Crippen LogP contribution in [0.2, 0.25) is 0 Å². The molecule has 1 unspecified atom stereocenters. The van der Waals surface area contributed by atoms with Gasteiger partial charge in [0.15, 0.2) is 0 Å². The number of nitrogens with one attached hydrogen (secondary N) is 2. The van der Waals surface area contributed by atoms with E-state index in [1.165, 1.54) is 16.7 Å². The van der Waals surface area contributed by atoms with Crippen LogP contribution in [0.25, 0.3) is 11.1 Å². The number of alkyl halides is 1. The number of unbranched alkanes of at least 4 members (excludes halogenated alkanes) is 3. The summed E-state index contributed by atoms with van der Waals surface area (Å²) in [5.74, 6) is 0.742. The van der Waals surface area contributed by atoms with E-state index in [0.717, 1.165) is 99.5 Å².